The molecule has 0 amide bonds. The average molecular weight is 149 g/mol. The topological polar surface area (TPSA) is 33.1 Å². The number of hydrogen-bond donors (Lipinski definition) is 1. The van der Waals surface area contributed by atoms with E-state index in [2.05, 4.69) is 4.98 Å². The van der Waals surface area contributed by atoms with Crippen molar-refractivity contribution in [3.63, 3.8) is 0 Å². The fourth-order valence-corrected chi connectivity index (χ4v) is 0.830. The molecule has 0 saturated heterocycles. The molecule has 0 aliphatic carbocycles. The quantitative estimate of drug-likeness (QED) is 0.689. The van der Waals surface area contributed by atoms with Crippen molar-refractivity contribution in [3.05, 3.63) is 35.7 Å². The normalized spacial score (nSPS) is 10.7. The Morgan fingerprint density at radius 1 is 1.64 bits per heavy atom. The van der Waals surface area contributed by atoms with E-state index in [0.717, 1.165) is 5.56 Å². The number of aryl methyl sites for hydroxylation is 1. The zero-order valence-electron chi connectivity index (χ0n) is 6.49. The molecule has 1 N–H and O–H groups in total. The molecule has 0 bridgehead atoms. The lowest BCUT2D eigenvalue weighted by Gasteiger charge is -1.95. The molecule has 0 aliphatic rings. The molecule has 0 spiro atoms. The lowest BCUT2D eigenvalue weighted by molar-refractivity contribution is 0.343. The smallest absolute Gasteiger partial charge is 0.0615 e. The van der Waals surface area contributed by atoms with Crippen LogP contribution in [-0.2, 0) is 0 Å². The van der Waals surface area contributed by atoms with Crippen LogP contribution >= 0.6 is 0 Å². The first-order valence-corrected chi connectivity index (χ1v) is 3.52. The van der Waals surface area contributed by atoms with Crippen molar-refractivity contribution < 1.29 is 5.11 Å². The van der Waals surface area contributed by atoms with Crippen molar-refractivity contribution in [2.75, 3.05) is 6.61 Å². The Balaban J connectivity index is 2.86. The Kier molecular flexibility index (Phi) is 2.81. The molecule has 0 fully saturated rings. The number of aromatic nitrogens is 1. The molecule has 0 aliphatic heterocycles. The van der Waals surface area contributed by atoms with Gasteiger partial charge in [-0.25, -0.2) is 0 Å². The van der Waals surface area contributed by atoms with Crippen LogP contribution in [0.4, 0.5) is 0 Å². The number of rotatable bonds is 2. The fourth-order valence-electron chi connectivity index (χ4n) is 0.830. The van der Waals surface area contributed by atoms with Crippen molar-refractivity contribution in [2.45, 2.75) is 6.92 Å². The van der Waals surface area contributed by atoms with Gasteiger partial charge in [0, 0.05) is 12.4 Å². The van der Waals surface area contributed by atoms with Gasteiger partial charge in [0.25, 0.3) is 0 Å². The number of aliphatic hydroxyl groups is 1. The first-order valence-electron chi connectivity index (χ1n) is 3.52. The van der Waals surface area contributed by atoms with Crippen molar-refractivity contribution in [1.29, 1.82) is 0 Å². The molecule has 0 unspecified atom stereocenters. The largest absolute Gasteiger partial charge is 0.392 e. The predicted molar refractivity (Wildman–Crippen MR) is 45.1 cm³/mol. The minimum absolute atomic E-state index is 0.0777. The van der Waals surface area contributed by atoms with Crippen LogP contribution in [0.3, 0.4) is 0 Å². The SMILES string of the molecule is Cc1ccncc1/C=C/CO. The van der Waals surface area contributed by atoms with Gasteiger partial charge in [0.15, 0.2) is 0 Å². The third-order valence-corrected chi connectivity index (χ3v) is 1.48. The summed E-state index contributed by atoms with van der Waals surface area (Å²) in [5, 5.41) is 8.51. The maximum Gasteiger partial charge on any atom is 0.0615 e. The summed E-state index contributed by atoms with van der Waals surface area (Å²) in [6.45, 7) is 2.09. The highest BCUT2D eigenvalue weighted by Crippen LogP contribution is 2.05. The first kappa shape index (κ1) is 7.95. The molecule has 11 heavy (non-hydrogen) atoms. The second-order valence-corrected chi connectivity index (χ2v) is 2.32. The minimum atomic E-state index is 0.0777. The highest BCUT2D eigenvalue weighted by Gasteiger charge is 1.89. The summed E-state index contributed by atoms with van der Waals surface area (Å²) in [7, 11) is 0. The van der Waals surface area contributed by atoms with E-state index in [1.54, 1.807) is 18.5 Å². The van der Waals surface area contributed by atoms with E-state index in [9.17, 15) is 0 Å². The van der Waals surface area contributed by atoms with Gasteiger partial charge >= 0.3 is 0 Å². The summed E-state index contributed by atoms with van der Waals surface area (Å²) < 4.78 is 0. The van der Waals surface area contributed by atoms with E-state index >= 15 is 0 Å². The summed E-state index contributed by atoms with van der Waals surface area (Å²) in [6.07, 6.45) is 7.10. The summed E-state index contributed by atoms with van der Waals surface area (Å²) in [5.74, 6) is 0. The molecule has 1 aromatic heterocycles. The molecule has 2 heteroatoms. The molecule has 0 radical (unpaired) electrons. The van der Waals surface area contributed by atoms with Gasteiger partial charge in [0.2, 0.25) is 0 Å². The Bertz CT molecular complexity index is 255. The van der Waals surface area contributed by atoms with E-state index in [4.69, 9.17) is 5.11 Å². The lowest BCUT2D eigenvalue weighted by Crippen LogP contribution is -1.81. The molecule has 1 heterocycles. The van der Waals surface area contributed by atoms with Crippen molar-refractivity contribution in [2.24, 2.45) is 0 Å². The molecular weight excluding hydrogens is 138 g/mol. The van der Waals surface area contributed by atoms with Crippen LogP contribution in [0.25, 0.3) is 6.08 Å². The van der Waals surface area contributed by atoms with E-state index in [1.165, 1.54) is 5.56 Å². The zero-order valence-corrected chi connectivity index (χ0v) is 6.49. The predicted octanol–water partition coefficient (Wildman–Crippen LogP) is 1.40. The molecule has 0 aromatic carbocycles. The molecule has 58 valence electrons. The van der Waals surface area contributed by atoms with E-state index in [0.29, 0.717) is 0 Å². The van der Waals surface area contributed by atoms with E-state index < -0.39 is 0 Å². The number of aliphatic hydroxyl groups excluding tert-OH is 1. The summed E-state index contributed by atoms with van der Waals surface area (Å²) >= 11 is 0. The summed E-state index contributed by atoms with van der Waals surface area (Å²) in [4.78, 5) is 3.97. The van der Waals surface area contributed by atoms with Crippen LogP contribution in [0.1, 0.15) is 11.1 Å². The van der Waals surface area contributed by atoms with Crippen LogP contribution in [0.5, 0.6) is 0 Å². The first-order chi connectivity index (χ1) is 5.34. The van der Waals surface area contributed by atoms with E-state index in [1.807, 2.05) is 19.1 Å². The lowest BCUT2D eigenvalue weighted by atomic mass is 10.1. The standard InChI is InChI=1S/C9H11NO/c1-8-4-5-10-7-9(8)3-2-6-11/h2-5,7,11H,6H2,1H3/b3-2+. The van der Waals surface area contributed by atoms with Crippen LogP contribution < -0.4 is 0 Å². The fraction of sp³-hybridized carbons (Fsp3) is 0.222. The molecule has 2 nitrogen and oxygen atoms in total. The summed E-state index contributed by atoms with van der Waals surface area (Å²) in [5.41, 5.74) is 2.23. The number of hydrogen-bond acceptors (Lipinski definition) is 2. The van der Waals surface area contributed by atoms with Crippen LogP contribution in [0.2, 0.25) is 0 Å². The van der Waals surface area contributed by atoms with Gasteiger partial charge in [-0.15, -0.1) is 0 Å². The Labute approximate surface area is 66.2 Å². The molecule has 1 aromatic rings. The molecule has 0 saturated carbocycles. The minimum Gasteiger partial charge on any atom is -0.392 e. The summed E-state index contributed by atoms with van der Waals surface area (Å²) in [6, 6.07) is 1.94. The monoisotopic (exact) mass is 149 g/mol. The number of pyridine rings is 1. The van der Waals surface area contributed by atoms with Gasteiger partial charge in [-0.3, -0.25) is 4.98 Å². The molecule has 0 atom stereocenters. The third-order valence-electron chi connectivity index (χ3n) is 1.48. The van der Waals surface area contributed by atoms with Gasteiger partial charge in [0.05, 0.1) is 6.61 Å². The third kappa shape index (κ3) is 2.16. The highest BCUT2D eigenvalue weighted by molar-refractivity contribution is 5.51. The van der Waals surface area contributed by atoms with Crippen LogP contribution in [0.15, 0.2) is 24.5 Å². The maximum absolute atomic E-state index is 8.51. The Hall–Kier alpha value is -1.15. The highest BCUT2D eigenvalue weighted by atomic mass is 16.2. The van der Waals surface area contributed by atoms with Gasteiger partial charge < -0.3 is 5.11 Å². The number of nitrogens with zero attached hydrogens (tertiary/aromatic N) is 1. The van der Waals surface area contributed by atoms with Crippen molar-refractivity contribution in [1.82, 2.24) is 4.98 Å². The second-order valence-electron chi connectivity index (χ2n) is 2.32. The van der Waals surface area contributed by atoms with Crippen LogP contribution in [-0.4, -0.2) is 16.7 Å². The van der Waals surface area contributed by atoms with Crippen molar-refractivity contribution in [3.8, 4) is 0 Å². The average Bonchev–Trinajstić information content (AvgIpc) is 2.03. The zero-order chi connectivity index (χ0) is 8.10. The second kappa shape index (κ2) is 3.88. The van der Waals surface area contributed by atoms with Gasteiger partial charge in [-0.2, -0.15) is 0 Å². The molecular formula is C9H11NO. The van der Waals surface area contributed by atoms with Gasteiger partial charge in [-0.1, -0.05) is 12.2 Å². The maximum atomic E-state index is 8.51. The molecule has 1 rings (SSSR count). The van der Waals surface area contributed by atoms with Crippen molar-refractivity contribution >= 4 is 6.08 Å². The Morgan fingerprint density at radius 2 is 2.45 bits per heavy atom. The van der Waals surface area contributed by atoms with Gasteiger partial charge in [0.1, 0.15) is 0 Å². The van der Waals surface area contributed by atoms with Gasteiger partial charge in [-0.05, 0) is 24.1 Å². The Morgan fingerprint density at radius 3 is 3.09 bits per heavy atom. The van der Waals surface area contributed by atoms with E-state index in [-0.39, 0.29) is 6.61 Å². The van der Waals surface area contributed by atoms with Crippen LogP contribution in [0, 0.1) is 6.92 Å².